The van der Waals surface area contributed by atoms with E-state index in [9.17, 15) is 9.59 Å². The van der Waals surface area contributed by atoms with Crippen molar-refractivity contribution in [3.8, 4) is 11.5 Å². The summed E-state index contributed by atoms with van der Waals surface area (Å²) in [5, 5.41) is 2.77. The van der Waals surface area contributed by atoms with Crippen molar-refractivity contribution in [2.24, 2.45) is 0 Å². The average Bonchev–Trinajstić information content (AvgIpc) is 3.44. The van der Waals surface area contributed by atoms with Crippen LogP contribution in [0.5, 0.6) is 11.5 Å². The summed E-state index contributed by atoms with van der Waals surface area (Å²) >= 11 is 10.1. The van der Waals surface area contributed by atoms with Gasteiger partial charge in [0.15, 0.2) is 18.1 Å². The SMILES string of the molecule is COc1cc(/C=C2\SC(=S)N(C[C@H]3CCCO3)C2=O)ccc1OCC(=O)Nc1ccc(Br)cc1. The lowest BCUT2D eigenvalue weighted by atomic mass is 10.1. The van der Waals surface area contributed by atoms with Crippen molar-refractivity contribution in [1.29, 1.82) is 0 Å². The van der Waals surface area contributed by atoms with Gasteiger partial charge in [0.25, 0.3) is 11.8 Å². The molecule has 2 aromatic carbocycles. The summed E-state index contributed by atoms with van der Waals surface area (Å²) in [6, 6.07) is 12.5. The standard InChI is InChI=1S/C24H23BrN2O5S2/c1-30-20-11-15(12-21-23(29)27(24(33)34-21)13-18-3-2-10-31-18)4-9-19(20)32-14-22(28)26-17-7-5-16(25)6-8-17/h4-9,11-12,18H,2-3,10,13-14H2,1H3,(H,26,28)/b21-12-/t18-/m1/s1. The van der Waals surface area contributed by atoms with E-state index in [1.54, 1.807) is 41.3 Å². The molecule has 2 saturated heterocycles. The first-order valence-electron chi connectivity index (χ1n) is 10.7. The highest BCUT2D eigenvalue weighted by Crippen LogP contribution is 2.35. The molecule has 2 aromatic rings. The maximum absolute atomic E-state index is 12.9. The van der Waals surface area contributed by atoms with Gasteiger partial charge in [-0.25, -0.2) is 0 Å². The molecular weight excluding hydrogens is 540 g/mol. The van der Waals surface area contributed by atoms with E-state index in [0.717, 1.165) is 29.5 Å². The highest BCUT2D eigenvalue weighted by Gasteiger charge is 2.34. The molecule has 2 fully saturated rings. The molecule has 2 aliphatic heterocycles. The summed E-state index contributed by atoms with van der Waals surface area (Å²) in [6.07, 6.45) is 3.77. The minimum atomic E-state index is -0.289. The number of nitrogens with zero attached hydrogens (tertiary/aromatic N) is 1. The number of rotatable bonds is 8. The summed E-state index contributed by atoms with van der Waals surface area (Å²) in [5.74, 6) is 0.481. The maximum atomic E-state index is 12.9. The fourth-order valence-corrected chi connectivity index (χ4v) is 5.11. The molecule has 1 N–H and O–H groups in total. The first kappa shape index (κ1) is 24.7. The quantitative estimate of drug-likeness (QED) is 0.363. The molecule has 2 aliphatic rings. The van der Waals surface area contributed by atoms with Gasteiger partial charge < -0.3 is 19.5 Å². The number of carbonyl (C=O) groups excluding carboxylic acids is 2. The first-order chi connectivity index (χ1) is 16.4. The smallest absolute Gasteiger partial charge is 0.266 e. The van der Waals surface area contributed by atoms with Crippen LogP contribution in [0.25, 0.3) is 6.08 Å². The van der Waals surface area contributed by atoms with Gasteiger partial charge in [-0.05, 0) is 60.9 Å². The van der Waals surface area contributed by atoms with Gasteiger partial charge in [-0.2, -0.15) is 0 Å². The van der Waals surface area contributed by atoms with Gasteiger partial charge in [-0.3, -0.25) is 14.5 Å². The van der Waals surface area contributed by atoms with Gasteiger partial charge in [0.1, 0.15) is 4.32 Å². The van der Waals surface area contributed by atoms with Crippen LogP contribution in [-0.4, -0.2) is 54.0 Å². The molecule has 0 unspecified atom stereocenters. The fourth-order valence-electron chi connectivity index (χ4n) is 3.57. The lowest BCUT2D eigenvalue weighted by molar-refractivity contribution is -0.123. The second-order valence-corrected chi connectivity index (χ2v) is 10.3. The zero-order valence-electron chi connectivity index (χ0n) is 18.4. The Labute approximate surface area is 215 Å². The molecule has 0 saturated carbocycles. The molecule has 2 amide bonds. The normalized spacial score (nSPS) is 19.1. The third-order valence-electron chi connectivity index (χ3n) is 5.26. The second-order valence-electron chi connectivity index (χ2n) is 7.68. The highest BCUT2D eigenvalue weighted by molar-refractivity contribution is 9.10. The molecule has 7 nitrogen and oxygen atoms in total. The lowest BCUT2D eigenvalue weighted by Crippen LogP contribution is -2.35. The Morgan fingerprint density at radius 1 is 1.29 bits per heavy atom. The molecular formula is C24H23BrN2O5S2. The summed E-state index contributed by atoms with van der Waals surface area (Å²) in [7, 11) is 1.52. The Kier molecular flexibility index (Phi) is 8.25. The van der Waals surface area contributed by atoms with E-state index in [1.807, 2.05) is 12.1 Å². The van der Waals surface area contributed by atoms with Crippen LogP contribution in [0.3, 0.4) is 0 Å². The van der Waals surface area contributed by atoms with E-state index in [0.29, 0.717) is 33.0 Å². The Hall–Kier alpha value is -2.40. The third-order valence-corrected chi connectivity index (χ3v) is 7.16. The number of hydrogen-bond donors (Lipinski definition) is 1. The Bertz CT molecular complexity index is 1120. The molecule has 0 aromatic heterocycles. The number of amides is 2. The number of methoxy groups -OCH3 is 1. The topological polar surface area (TPSA) is 77.1 Å². The molecule has 0 spiro atoms. The van der Waals surface area contributed by atoms with Crippen LogP contribution in [0, 0.1) is 0 Å². The predicted octanol–water partition coefficient (Wildman–Crippen LogP) is 4.86. The number of anilines is 1. The molecule has 178 valence electrons. The van der Waals surface area contributed by atoms with Crippen LogP contribution in [0.15, 0.2) is 51.8 Å². The number of benzene rings is 2. The molecule has 0 bridgehead atoms. The minimum absolute atomic E-state index is 0.0411. The number of carbonyl (C=O) groups is 2. The van der Waals surface area contributed by atoms with Crippen molar-refractivity contribution in [1.82, 2.24) is 4.90 Å². The van der Waals surface area contributed by atoms with Crippen molar-refractivity contribution < 1.29 is 23.8 Å². The summed E-state index contributed by atoms with van der Waals surface area (Å²) in [6.45, 7) is 1.05. The van der Waals surface area contributed by atoms with Gasteiger partial charge in [0.05, 0.1) is 24.7 Å². The Morgan fingerprint density at radius 2 is 2.09 bits per heavy atom. The molecule has 4 rings (SSSR count). The number of thioether (sulfide) groups is 1. The van der Waals surface area contributed by atoms with Crippen molar-refractivity contribution in [2.45, 2.75) is 18.9 Å². The van der Waals surface area contributed by atoms with E-state index in [1.165, 1.54) is 18.9 Å². The zero-order chi connectivity index (χ0) is 24.1. The van der Waals surface area contributed by atoms with Gasteiger partial charge in [0.2, 0.25) is 0 Å². The van der Waals surface area contributed by atoms with Crippen molar-refractivity contribution in [2.75, 3.05) is 32.2 Å². The summed E-state index contributed by atoms with van der Waals surface area (Å²) in [5.41, 5.74) is 1.44. The van der Waals surface area contributed by atoms with Crippen LogP contribution in [-0.2, 0) is 14.3 Å². The van der Waals surface area contributed by atoms with Crippen molar-refractivity contribution in [3.63, 3.8) is 0 Å². The second kappa shape index (κ2) is 11.4. The Morgan fingerprint density at radius 3 is 2.79 bits per heavy atom. The van der Waals surface area contributed by atoms with E-state index in [4.69, 9.17) is 26.4 Å². The molecule has 2 heterocycles. The fraction of sp³-hybridized carbons (Fsp3) is 0.292. The van der Waals surface area contributed by atoms with Crippen LogP contribution in [0.1, 0.15) is 18.4 Å². The van der Waals surface area contributed by atoms with E-state index < -0.39 is 0 Å². The zero-order valence-corrected chi connectivity index (χ0v) is 21.6. The highest BCUT2D eigenvalue weighted by atomic mass is 79.9. The summed E-state index contributed by atoms with van der Waals surface area (Å²) in [4.78, 5) is 27.3. The van der Waals surface area contributed by atoms with E-state index in [-0.39, 0.29) is 24.5 Å². The Balaban J connectivity index is 1.39. The third kappa shape index (κ3) is 6.18. The summed E-state index contributed by atoms with van der Waals surface area (Å²) < 4.78 is 18.2. The monoisotopic (exact) mass is 562 g/mol. The van der Waals surface area contributed by atoms with Gasteiger partial charge >= 0.3 is 0 Å². The minimum Gasteiger partial charge on any atom is -0.493 e. The molecule has 0 radical (unpaired) electrons. The molecule has 1 atom stereocenters. The largest absolute Gasteiger partial charge is 0.493 e. The van der Waals surface area contributed by atoms with Crippen LogP contribution in [0.4, 0.5) is 5.69 Å². The number of nitrogens with one attached hydrogen (secondary N) is 1. The lowest BCUT2D eigenvalue weighted by Gasteiger charge is -2.18. The first-order valence-corrected chi connectivity index (χ1v) is 12.7. The molecule has 0 aliphatic carbocycles. The van der Waals surface area contributed by atoms with Gasteiger partial charge in [-0.15, -0.1) is 0 Å². The number of halogens is 1. The van der Waals surface area contributed by atoms with E-state index >= 15 is 0 Å². The molecule has 10 heteroatoms. The number of thiocarbonyl (C=S) groups is 1. The van der Waals surface area contributed by atoms with Crippen LogP contribution in [0.2, 0.25) is 0 Å². The number of ether oxygens (including phenoxy) is 3. The van der Waals surface area contributed by atoms with Crippen molar-refractivity contribution in [3.05, 3.63) is 57.4 Å². The van der Waals surface area contributed by atoms with Gasteiger partial charge in [0, 0.05) is 16.8 Å². The molecule has 34 heavy (non-hydrogen) atoms. The van der Waals surface area contributed by atoms with Crippen molar-refractivity contribution >= 4 is 67.8 Å². The van der Waals surface area contributed by atoms with E-state index in [2.05, 4.69) is 21.2 Å². The number of hydrogen-bond acceptors (Lipinski definition) is 7. The predicted molar refractivity (Wildman–Crippen MR) is 140 cm³/mol. The average molecular weight is 563 g/mol. The van der Waals surface area contributed by atoms with Crippen LogP contribution < -0.4 is 14.8 Å². The van der Waals surface area contributed by atoms with Crippen LogP contribution >= 0.6 is 39.9 Å². The van der Waals surface area contributed by atoms with Gasteiger partial charge in [-0.1, -0.05) is 46.0 Å². The maximum Gasteiger partial charge on any atom is 0.266 e.